The van der Waals surface area contributed by atoms with Crippen LogP contribution in [-0.4, -0.2) is 55.1 Å². The van der Waals surface area contributed by atoms with Gasteiger partial charge in [0.05, 0.1) is 35.3 Å². The summed E-state index contributed by atoms with van der Waals surface area (Å²) in [6.45, 7) is 7.81. The van der Waals surface area contributed by atoms with E-state index in [0.717, 1.165) is 42.9 Å². The number of halogens is 3. The smallest absolute Gasteiger partial charge is 0.227 e. The highest BCUT2D eigenvalue weighted by Crippen LogP contribution is 2.33. The van der Waals surface area contributed by atoms with Crippen molar-refractivity contribution in [2.45, 2.75) is 32.1 Å². The topological polar surface area (TPSA) is 70.6 Å². The number of carbonyl (C=O) groups is 1. The lowest BCUT2D eigenvalue weighted by Gasteiger charge is -2.30. The summed E-state index contributed by atoms with van der Waals surface area (Å²) in [5.41, 5.74) is 5.13. The minimum atomic E-state index is -0.492. The fourth-order valence-corrected chi connectivity index (χ4v) is 6.28. The van der Waals surface area contributed by atoms with Gasteiger partial charge in [0.15, 0.2) is 5.78 Å². The van der Waals surface area contributed by atoms with Gasteiger partial charge in [0.1, 0.15) is 11.6 Å². The number of hydrogen-bond donors (Lipinski definition) is 1. The van der Waals surface area contributed by atoms with E-state index in [4.69, 9.17) is 21.3 Å². The van der Waals surface area contributed by atoms with E-state index in [2.05, 4.69) is 21.8 Å². The van der Waals surface area contributed by atoms with Gasteiger partial charge in [-0.25, -0.2) is 18.7 Å². The molecule has 0 aliphatic carbocycles. The quantitative estimate of drug-likeness (QED) is 0.179. The first kappa shape index (κ1) is 31.6. The molecule has 6 rings (SSSR count). The maximum atomic E-state index is 15.3. The predicted molar refractivity (Wildman–Crippen MR) is 179 cm³/mol. The molecule has 46 heavy (non-hydrogen) atoms. The summed E-state index contributed by atoms with van der Waals surface area (Å²) in [7, 11) is 0. The van der Waals surface area contributed by atoms with Crippen molar-refractivity contribution in [3.8, 4) is 11.3 Å². The largest absolute Gasteiger partial charge is 0.378 e. The normalized spacial score (nSPS) is 15.1. The van der Waals surface area contributed by atoms with E-state index in [0.29, 0.717) is 71.8 Å². The van der Waals surface area contributed by atoms with Gasteiger partial charge < -0.3 is 19.9 Å². The number of morpholine rings is 1. The highest BCUT2D eigenvalue weighted by molar-refractivity contribution is 6.33. The lowest BCUT2D eigenvalue weighted by Crippen LogP contribution is -2.36. The first-order chi connectivity index (χ1) is 22.4. The molecule has 0 radical (unpaired) electrons. The van der Waals surface area contributed by atoms with Gasteiger partial charge in [-0.2, -0.15) is 0 Å². The number of rotatable bonds is 10. The second kappa shape index (κ2) is 14.4. The summed E-state index contributed by atoms with van der Waals surface area (Å²) < 4.78 is 35.6. The highest BCUT2D eigenvalue weighted by Gasteiger charge is 2.19. The van der Waals surface area contributed by atoms with Gasteiger partial charge in [-0.15, -0.1) is 0 Å². The maximum absolute atomic E-state index is 15.3. The summed E-state index contributed by atoms with van der Waals surface area (Å²) in [5, 5.41) is 3.97. The Morgan fingerprint density at radius 3 is 2.48 bits per heavy atom. The Labute approximate surface area is 272 Å². The van der Waals surface area contributed by atoms with Crippen molar-refractivity contribution in [2.24, 2.45) is 0 Å². The Hall–Kier alpha value is -4.34. The van der Waals surface area contributed by atoms with E-state index < -0.39 is 5.82 Å². The Morgan fingerprint density at radius 1 is 0.935 bits per heavy atom. The summed E-state index contributed by atoms with van der Waals surface area (Å²) in [5.74, 6) is -0.714. The van der Waals surface area contributed by atoms with Gasteiger partial charge in [0.25, 0.3) is 0 Å². The molecule has 2 aliphatic heterocycles. The molecule has 4 aromatic rings. The van der Waals surface area contributed by atoms with Gasteiger partial charge in [-0.1, -0.05) is 24.2 Å². The number of anilines is 4. The van der Waals surface area contributed by atoms with Crippen molar-refractivity contribution in [1.82, 2.24) is 9.97 Å². The summed E-state index contributed by atoms with van der Waals surface area (Å²) in [6.07, 6.45) is 6.68. The second-order valence-corrected chi connectivity index (χ2v) is 12.1. The number of nitrogens with one attached hydrogen (secondary N) is 1. The number of benzene rings is 3. The van der Waals surface area contributed by atoms with Gasteiger partial charge in [-0.3, -0.25) is 4.79 Å². The van der Waals surface area contributed by atoms with Crippen LogP contribution in [0.2, 0.25) is 5.02 Å². The fraction of sp³-hybridized carbons (Fsp3) is 0.306. The Bertz CT molecular complexity index is 1740. The number of piperidine rings is 1. The van der Waals surface area contributed by atoms with E-state index in [-0.39, 0.29) is 18.0 Å². The zero-order valence-electron chi connectivity index (χ0n) is 25.6. The molecule has 2 saturated heterocycles. The van der Waals surface area contributed by atoms with E-state index in [1.165, 1.54) is 30.7 Å². The van der Waals surface area contributed by atoms with Crippen LogP contribution >= 0.6 is 11.6 Å². The predicted octanol–water partition coefficient (Wildman–Crippen LogP) is 7.53. The van der Waals surface area contributed by atoms with Crippen LogP contribution in [0.3, 0.4) is 0 Å². The summed E-state index contributed by atoms with van der Waals surface area (Å²) >= 11 is 6.58. The molecule has 10 heteroatoms. The molecule has 0 spiro atoms. The molecule has 7 nitrogen and oxygen atoms in total. The third-order valence-electron chi connectivity index (χ3n) is 8.36. The summed E-state index contributed by atoms with van der Waals surface area (Å²) in [4.78, 5) is 25.8. The Balaban J connectivity index is 1.34. The molecule has 0 atom stereocenters. The SMILES string of the molecule is C=CC(=O)Cc1cc(F)cc(-c2nc(Nc3ccc(Cl)c(N4CCCCC4)c3)ncc2Cc2ccc(N3CCOCC3)c(F)c2)c1. The van der Waals surface area contributed by atoms with Crippen molar-refractivity contribution < 1.29 is 18.3 Å². The molecule has 2 aliphatic rings. The zero-order chi connectivity index (χ0) is 32.0. The lowest BCUT2D eigenvalue weighted by atomic mass is 9.97. The van der Waals surface area contributed by atoms with Crippen molar-refractivity contribution in [1.29, 1.82) is 0 Å². The molecule has 0 amide bonds. The van der Waals surface area contributed by atoms with Crippen LogP contribution in [0.4, 0.5) is 31.8 Å². The number of carbonyl (C=O) groups excluding carboxylic acids is 1. The number of allylic oxidation sites excluding steroid dienone is 1. The zero-order valence-corrected chi connectivity index (χ0v) is 26.3. The minimum absolute atomic E-state index is 0.0120. The van der Waals surface area contributed by atoms with Gasteiger partial charge in [0, 0.05) is 62.0 Å². The second-order valence-electron chi connectivity index (χ2n) is 11.7. The molecule has 0 saturated carbocycles. The molecule has 0 unspecified atom stereocenters. The van der Waals surface area contributed by atoms with Crippen molar-refractivity contribution in [2.75, 3.05) is 54.5 Å². The number of ketones is 1. The molecule has 2 fully saturated rings. The first-order valence-corrected chi connectivity index (χ1v) is 16.0. The summed E-state index contributed by atoms with van der Waals surface area (Å²) in [6, 6.07) is 15.4. The third kappa shape index (κ3) is 7.54. The van der Waals surface area contributed by atoms with Gasteiger partial charge in [-0.05, 0) is 85.0 Å². The molecular formula is C36H36ClF2N5O2. The van der Waals surface area contributed by atoms with E-state index >= 15 is 4.39 Å². The van der Waals surface area contributed by atoms with Gasteiger partial charge in [0.2, 0.25) is 5.95 Å². The third-order valence-corrected chi connectivity index (χ3v) is 8.68. The average Bonchev–Trinajstić information content (AvgIpc) is 3.07. The molecule has 238 valence electrons. The van der Waals surface area contributed by atoms with Crippen LogP contribution in [0.5, 0.6) is 0 Å². The Morgan fingerprint density at radius 2 is 1.72 bits per heavy atom. The molecular weight excluding hydrogens is 608 g/mol. The molecule has 3 heterocycles. The van der Waals surface area contributed by atoms with Crippen molar-refractivity contribution in [3.05, 3.63) is 107 Å². The van der Waals surface area contributed by atoms with Crippen LogP contribution in [-0.2, 0) is 22.4 Å². The molecule has 3 aromatic carbocycles. The van der Waals surface area contributed by atoms with Crippen molar-refractivity contribution >= 4 is 40.4 Å². The molecule has 1 aromatic heterocycles. The number of nitrogens with zero attached hydrogens (tertiary/aromatic N) is 4. The monoisotopic (exact) mass is 643 g/mol. The number of aromatic nitrogens is 2. The maximum Gasteiger partial charge on any atom is 0.227 e. The number of hydrogen-bond acceptors (Lipinski definition) is 7. The van der Waals surface area contributed by atoms with Crippen LogP contribution < -0.4 is 15.1 Å². The van der Waals surface area contributed by atoms with E-state index in [1.807, 2.05) is 29.2 Å². The first-order valence-electron chi connectivity index (χ1n) is 15.6. The van der Waals surface area contributed by atoms with Crippen LogP contribution in [0.1, 0.15) is 36.0 Å². The minimum Gasteiger partial charge on any atom is -0.378 e. The molecule has 0 bridgehead atoms. The van der Waals surface area contributed by atoms with Crippen molar-refractivity contribution in [3.63, 3.8) is 0 Å². The van der Waals surface area contributed by atoms with Crippen LogP contribution in [0, 0.1) is 11.6 Å². The fourth-order valence-electron chi connectivity index (χ4n) is 6.05. The standard InChI is InChI=1S/C36H36ClF2N5O2/c1-2-30(45)19-25-17-26(21-28(38)18-25)35-27(16-24-6-9-33(32(39)20-24)44-12-14-46-15-13-44)23-40-36(42-35)41-29-7-8-31(37)34(22-29)43-10-4-3-5-11-43/h2,6-9,17-18,20-23H,1,3-5,10-16,19H2,(H,40,41,42). The average molecular weight is 644 g/mol. The Kier molecular flexibility index (Phi) is 9.90. The van der Waals surface area contributed by atoms with E-state index in [1.54, 1.807) is 18.3 Å². The number of ether oxygens (including phenoxy) is 1. The van der Waals surface area contributed by atoms with Gasteiger partial charge >= 0.3 is 0 Å². The lowest BCUT2D eigenvalue weighted by molar-refractivity contribution is -0.114. The highest BCUT2D eigenvalue weighted by atomic mass is 35.5. The van der Waals surface area contributed by atoms with Crippen LogP contribution in [0.15, 0.2) is 73.4 Å². The van der Waals surface area contributed by atoms with Crippen LogP contribution in [0.25, 0.3) is 11.3 Å². The molecule has 1 N–H and O–H groups in total. The van der Waals surface area contributed by atoms with E-state index in [9.17, 15) is 9.18 Å².